The molecule has 2 heterocycles. The van der Waals surface area contributed by atoms with Gasteiger partial charge in [-0.1, -0.05) is 11.6 Å². The summed E-state index contributed by atoms with van der Waals surface area (Å²) in [4.78, 5) is 27.0. The summed E-state index contributed by atoms with van der Waals surface area (Å²) < 4.78 is 5.77. The predicted octanol–water partition coefficient (Wildman–Crippen LogP) is 2.46. The maximum Gasteiger partial charge on any atom is 0.265 e. The van der Waals surface area contributed by atoms with E-state index in [-0.39, 0.29) is 17.4 Å². The quantitative estimate of drug-likeness (QED) is 0.871. The molecule has 0 spiro atoms. The number of halogens is 1. The molecule has 2 atom stereocenters. The number of carbonyl (C=O) groups is 2. The molecule has 0 bridgehead atoms. The number of rotatable bonds is 2. The summed E-state index contributed by atoms with van der Waals surface area (Å²) in [7, 11) is 0. The Morgan fingerprint density at radius 2 is 2.12 bits per heavy atom. The minimum atomic E-state index is -0.581. The Hall–Kier alpha value is -1.40. The second-order valence-corrected chi connectivity index (χ2v) is 8.56. The highest BCUT2D eigenvalue weighted by Gasteiger charge is 2.41. The lowest BCUT2D eigenvalue weighted by molar-refractivity contribution is -0.143. The van der Waals surface area contributed by atoms with Gasteiger partial charge in [-0.2, -0.15) is 0 Å². The standard InChI is InChI=1S/C17H21ClN2O3S/c1-17(2,3)19-15(21)12-8-24-9-20(12)16(22)14-7-10-6-11(18)4-5-13(10)23-14/h4-6,12,14H,7-9H2,1-3H3,(H,19,21). The molecule has 24 heavy (non-hydrogen) atoms. The molecule has 1 N–H and O–H groups in total. The summed E-state index contributed by atoms with van der Waals surface area (Å²) in [6.45, 7) is 5.79. The van der Waals surface area contributed by atoms with Gasteiger partial charge >= 0.3 is 0 Å². The van der Waals surface area contributed by atoms with Crippen LogP contribution in [0.3, 0.4) is 0 Å². The average molecular weight is 369 g/mol. The fourth-order valence-corrected chi connectivity index (χ4v) is 4.23. The molecule has 130 valence electrons. The van der Waals surface area contributed by atoms with E-state index in [4.69, 9.17) is 16.3 Å². The molecule has 1 aromatic carbocycles. The van der Waals surface area contributed by atoms with E-state index in [0.717, 1.165) is 5.56 Å². The van der Waals surface area contributed by atoms with Crippen molar-refractivity contribution < 1.29 is 14.3 Å². The van der Waals surface area contributed by atoms with E-state index in [1.165, 1.54) is 0 Å². The second kappa shape index (κ2) is 6.48. The van der Waals surface area contributed by atoms with E-state index in [2.05, 4.69) is 5.32 Å². The SMILES string of the molecule is CC(C)(C)NC(=O)C1CSCN1C(=O)C1Cc2cc(Cl)ccc2O1. The Morgan fingerprint density at radius 3 is 2.83 bits per heavy atom. The third-order valence-electron chi connectivity index (χ3n) is 3.94. The van der Waals surface area contributed by atoms with Crippen LogP contribution in [-0.2, 0) is 16.0 Å². The van der Waals surface area contributed by atoms with E-state index < -0.39 is 12.1 Å². The Labute approximate surface area is 151 Å². The van der Waals surface area contributed by atoms with E-state index in [9.17, 15) is 9.59 Å². The van der Waals surface area contributed by atoms with Gasteiger partial charge in [-0.15, -0.1) is 11.8 Å². The first-order valence-corrected chi connectivity index (χ1v) is 9.43. The fourth-order valence-electron chi connectivity index (χ4n) is 2.87. The van der Waals surface area contributed by atoms with E-state index in [1.54, 1.807) is 28.8 Å². The fraction of sp³-hybridized carbons (Fsp3) is 0.529. The molecule has 0 aromatic heterocycles. The summed E-state index contributed by atoms with van der Waals surface area (Å²) in [5, 5.41) is 3.59. The largest absolute Gasteiger partial charge is 0.480 e. The van der Waals surface area contributed by atoms with Crippen molar-refractivity contribution in [1.29, 1.82) is 0 Å². The van der Waals surface area contributed by atoms with Crippen LogP contribution < -0.4 is 10.1 Å². The van der Waals surface area contributed by atoms with Gasteiger partial charge in [0.1, 0.15) is 11.8 Å². The van der Waals surface area contributed by atoms with Gasteiger partial charge < -0.3 is 15.0 Å². The van der Waals surface area contributed by atoms with Crippen LogP contribution in [0, 0.1) is 0 Å². The van der Waals surface area contributed by atoms with Crippen LogP contribution in [0.25, 0.3) is 0 Å². The number of carbonyl (C=O) groups excluding carboxylic acids is 2. The average Bonchev–Trinajstić information content (AvgIpc) is 3.10. The number of amides is 2. The molecule has 2 unspecified atom stereocenters. The van der Waals surface area contributed by atoms with Crippen LogP contribution in [0.5, 0.6) is 5.75 Å². The third-order valence-corrected chi connectivity index (χ3v) is 5.19. The normalized spacial score (nSPS) is 22.9. The minimum Gasteiger partial charge on any atom is -0.480 e. The second-order valence-electron chi connectivity index (χ2n) is 7.13. The van der Waals surface area contributed by atoms with Crippen LogP contribution >= 0.6 is 23.4 Å². The van der Waals surface area contributed by atoms with Crippen molar-refractivity contribution in [3.8, 4) is 5.75 Å². The number of hydrogen-bond acceptors (Lipinski definition) is 4. The van der Waals surface area contributed by atoms with Crippen LogP contribution in [0.4, 0.5) is 0 Å². The first kappa shape index (κ1) is 17.4. The Kier molecular flexibility index (Phi) is 4.71. The van der Waals surface area contributed by atoms with Crippen LogP contribution in [0.1, 0.15) is 26.3 Å². The van der Waals surface area contributed by atoms with Crippen molar-refractivity contribution >= 4 is 35.2 Å². The van der Waals surface area contributed by atoms with Crippen LogP contribution in [-0.4, -0.2) is 46.0 Å². The highest BCUT2D eigenvalue weighted by molar-refractivity contribution is 7.99. The maximum absolute atomic E-state index is 12.9. The molecule has 2 amide bonds. The highest BCUT2D eigenvalue weighted by atomic mass is 35.5. The summed E-state index contributed by atoms with van der Waals surface area (Å²) in [5.41, 5.74) is 0.610. The van der Waals surface area contributed by atoms with Crippen molar-refractivity contribution in [1.82, 2.24) is 10.2 Å². The molecule has 5 nitrogen and oxygen atoms in total. The summed E-state index contributed by atoms with van der Waals surface area (Å²) in [6, 6.07) is 4.91. The molecule has 0 saturated carbocycles. The lowest BCUT2D eigenvalue weighted by Gasteiger charge is -2.28. The van der Waals surface area contributed by atoms with Gasteiger partial charge in [0.25, 0.3) is 5.91 Å². The molecule has 0 aliphatic carbocycles. The summed E-state index contributed by atoms with van der Waals surface area (Å²) in [6.07, 6.45) is -0.0918. The molecule has 1 fully saturated rings. The van der Waals surface area contributed by atoms with Crippen LogP contribution in [0.2, 0.25) is 5.02 Å². The number of nitrogens with one attached hydrogen (secondary N) is 1. The Bertz CT molecular complexity index is 674. The van der Waals surface area contributed by atoms with Gasteiger partial charge in [-0.25, -0.2) is 0 Å². The zero-order valence-corrected chi connectivity index (χ0v) is 15.5. The molecule has 1 aromatic rings. The Balaban J connectivity index is 1.70. The number of thioether (sulfide) groups is 1. The first-order chi connectivity index (χ1) is 11.2. The smallest absolute Gasteiger partial charge is 0.265 e. The zero-order chi connectivity index (χ0) is 17.5. The predicted molar refractivity (Wildman–Crippen MR) is 95.4 cm³/mol. The van der Waals surface area contributed by atoms with Gasteiger partial charge in [-0.05, 0) is 44.5 Å². The van der Waals surface area contributed by atoms with Crippen molar-refractivity contribution in [2.75, 3.05) is 11.6 Å². The lowest BCUT2D eigenvalue weighted by Crippen LogP contribution is -2.54. The van der Waals surface area contributed by atoms with Crippen molar-refractivity contribution in [2.45, 2.75) is 44.9 Å². The number of hydrogen-bond donors (Lipinski definition) is 1. The monoisotopic (exact) mass is 368 g/mol. The Morgan fingerprint density at radius 1 is 1.38 bits per heavy atom. The molecule has 3 rings (SSSR count). The third kappa shape index (κ3) is 3.64. The number of nitrogens with zero attached hydrogens (tertiary/aromatic N) is 1. The van der Waals surface area contributed by atoms with E-state index in [0.29, 0.717) is 28.8 Å². The van der Waals surface area contributed by atoms with Gasteiger partial charge in [0, 0.05) is 22.7 Å². The van der Waals surface area contributed by atoms with Crippen molar-refractivity contribution in [3.63, 3.8) is 0 Å². The van der Waals surface area contributed by atoms with Gasteiger partial charge in [0.2, 0.25) is 5.91 Å². The molecule has 0 radical (unpaired) electrons. The number of ether oxygens (including phenoxy) is 1. The molecule has 2 aliphatic heterocycles. The number of fused-ring (bicyclic) bond motifs is 1. The van der Waals surface area contributed by atoms with E-state index in [1.807, 2.05) is 26.8 Å². The molecule has 2 aliphatic rings. The maximum atomic E-state index is 12.9. The first-order valence-electron chi connectivity index (χ1n) is 7.90. The van der Waals surface area contributed by atoms with Gasteiger partial charge in [0.15, 0.2) is 6.10 Å². The molecule has 1 saturated heterocycles. The summed E-state index contributed by atoms with van der Waals surface area (Å²) in [5.74, 6) is 1.57. The minimum absolute atomic E-state index is 0.112. The van der Waals surface area contributed by atoms with E-state index >= 15 is 0 Å². The topological polar surface area (TPSA) is 58.6 Å². The number of benzene rings is 1. The highest BCUT2D eigenvalue weighted by Crippen LogP contribution is 2.33. The molecular formula is C17H21ClN2O3S. The van der Waals surface area contributed by atoms with Crippen LogP contribution in [0.15, 0.2) is 18.2 Å². The van der Waals surface area contributed by atoms with Crippen molar-refractivity contribution in [3.05, 3.63) is 28.8 Å². The van der Waals surface area contributed by atoms with Gasteiger partial charge in [0.05, 0.1) is 5.88 Å². The van der Waals surface area contributed by atoms with Crippen molar-refractivity contribution in [2.24, 2.45) is 0 Å². The molecule has 7 heteroatoms. The summed E-state index contributed by atoms with van der Waals surface area (Å²) >= 11 is 7.58. The lowest BCUT2D eigenvalue weighted by atomic mass is 10.1. The molecular weight excluding hydrogens is 348 g/mol. The van der Waals surface area contributed by atoms with Gasteiger partial charge in [-0.3, -0.25) is 9.59 Å². The zero-order valence-electron chi connectivity index (χ0n) is 14.0.